The number of carbonyl (C=O) groups excluding carboxylic acids is 2. The van der Waals surface area contributed by atoms with Crippen molar-refractivity contribution >= 4 is 11.9 Å². The Morgan fingerprint density at radius 1 is 1.47 bits per heavy atom. The summed E-state index contributed by atoms with van der Waals surface area (Å²) in [5, 5.41) is 11.0. The second-order valence-corrected chi connectivity index (χ2v) is 5.37. The highest BCUT2D eigenvalue weighted by Gasteiger charge is 2.63. The summed E-state index contributed by atoms with van der Waals surface area (Å²) in [7, 11) is 0. The molecule has 2 aliphatic rings. The Kier molecular flexibility index (Phi) is 1.91. The molecule has 3 unspecified atom stereocenters. The van der Waals surface area contributed by atoms with Crippen LogP contribution in [-0.4, -0.2) is 18.0 Å². The Hall–Kier alpha value is -1.06. The first-order valence-corrected chi connectivity index (χ1v) is 5.22. The highest BCUT2D eigenvalue weighted by atomic mass is 16.6. The molecule has 0 spiro atoms. The van der Waals surface area contributed by atoms with E-state index in [-0.39, 0.29) is 17.3 Å². The molecule has 0 N–H and O–H groups in total. The van der Waals surface area contributed by atoms with Crippen LogP contribution in [0.4, 0.5) is 0 Å². The van der Waals surface area contributed by atoms with Crippen molar-refractivity contribution < 1.29 is 19.4 Å². The number of aliphatic carboxylic acids is 1. The van der Waals surface area contributed by atoms with Crippen molar-refractivity contribution in [2.24, 2.45) is 16.7 Å². The van der Waals surface area contributed by atoms with E-state index in [9.17, 15) is 14.7 Å². The molecule has 2 bridgehead atoms. The first-order chi connectivity index (χ1) is 6.80. The first-order valence-electron chi connectivity index (χ1n) is 5.22. The van der Waals surface area contributed by atoms with Crippen LogP contribution in [-0.2, 0) is 14.3 Å². The van der Waals surface area contributed by atoms with Crippen LogP contribution in [0.1, 0.15) is 33.6 Å². The number of rotatable bonds is 1. The lowest BCUT2D eigenvalue weighted by Crippen LogP contribution is -2.58. The van der Waals surface area contributed by atoms with Gasteiger partial charge in [0.1, 0.15) is 6.10 Å². The lowest BCUT2D eigenvalue weighted by atomic mass is 9.61. The SMILES string of the molecule is CC1(C)C2CCC1(C)C(C(=O)[O-])OC2=O. The predicted octanol–water partition coefficient (Wildman–Crippen LogP) is 0.104. The van der Waals surface area contributed by atoms with Gasteiger partial charge in [0.2, 0.25) is 0 Å². The number of hydrogen-bond acceptors (Lipinski definition) is 4. The van der Waals surface area contributed by atoms with Crippen LogP contribution < -0.4 is 5.11 Å². The number of ether oxygens (including phenoxy) is 1. The number of esters is 1. The molecule has 1 saturated carbocycles. The number of carbonyl (C=O) groups is 2. The van der Waals surface area contributed by atoms with Crippen molar-refractivity contribution in [1.29, 1.82) is 0 Å². The van der Waals surface area contributed by atoms with Crippen molar-refractivity contribution in [2.45, 2.75) is 39.7 Å². The van der Waals surface area contributed by atoms with Gasteiger partial charge >= 0.3 is 5.97 Å². The number of cyclic esters (lactones) is 1. The number of carboxylic acids is 1. The van der Waals surface area contributed by atoms with E-state index in [1.54, 1.807) is 0 Å². The quantitative estimate of drug-likeness (QED) is 0.577. The normalized spacial score (nSPS) is 42.5. The smallest absolute Gasteiger partial charge is 0.310 e. The van der Waals surface area contributed by atoms with Gasteiger partial charge in [0.05, 0.1) is 11.9 Å². The standard InChI is InChI=1S/C11H16O4/c1-10(2)6-4-5-11(10,3)7(8(12)13)15-9(6)14/h6-7H,4-5H2,1-3H3,(H,12,13)/p-1. The summed E-state index contributed by atoms with van der Waals surface area (Å²) >= 11 is 0. The summed E-state index contributed by atoms with van der Waals surface area (Å²) in [6, 6.07) is 0. The Morgan fingerprint density at radius 3 is 2.60 bits per heavy atom. The fourth-order valence-electron chi connectivity index (χ4n) is 3.04. The second kappa shape index (κ2) is 2.74. The molecule has 0 aromatic heterocycles. The zero-order valence-corrected chi connectivity index (χ0v) is 9.20. The maximum Gasteiger partial charge on any atom is 0.310 e. The molecule has 15 heavy (non-hydrogen) atoms. The fourth-order valence-corrected chi connectivity index (χ4v) is 3.04. The number of fused-ring (bicyclic) bond motifs is 2. The van der Waals surface area contributed by atoms with Gasteiger partial charge in [0, 0.05) is 5.41 Å². The molecule has 2 rings (SSSR count). The maximum atomic E-state index is 11.6. The van der Waals surface area contributed by atoms with Crippen LogP contribution in [0, 0.1) is 16.7 Å². The number of hydrogen-bond donors (Lipinski definition) is 0. The van der Waals surface area contributed by atoms with Gasteiger partial charge in [-0.05, 0) is 18.3 Å². The Labute approximate surface area is 88.6 Å². The van der Waals surface area contributed by atoms with E-state index in [0.29, 0.717) is 12.8 Å². The molecule has 0 aromatic rings. The van der Waals surface area contributed by atoms with Crippen molar-refractivity contribution in [1.82, 2.24) is 0 Å². The highest BCUT2D eigenvalue weighted by Crippen LogP contribution is 2.61. The second-order valence-electron chi connectivity index (χ2n) is 5.37. The minimum Gasteiger partial charge on any atom is -0.546 e. The molecule has 1 heterocycles. The van der Waals surface area contributed by atoms with Gasteiger partial charge in [-0.25, -0.2) is 0 Å². The molecule has 4 heteroatoms. The van der Waals surface area contributed by atoms with Crippen molar-refractivity contribution in [3.05, 3.63) is 0 Å². The Morgan fingerprint density at radius 2 is 2.07 bits per heavy atom. The third-order valence-corrected chi connectivity index (χ3v) is 4.61. The van der Waals surface area contributed by atoms with Gasteiger partial charge in [-0.1, -0.05) is 20.8 Å². The molecule has 0 radical (unpaired) electrons. The Balaban J connectivity index is 2.48. The van der Waals surface area contributed by atoms with Gasteiger partial charge in [0.25, 0.3) is 0 Å². The van der Waals surface area contributed by atoms with Crippen LogP contribution in [0.2, 0.25) is 0 Å². The van der Waals surface area contributed by atoms with Gasteiger partial charge in [-0.3, -0.25) is 4.79 Å². The molecule has 1 saturated heterocycles. The molecular weight excluding hydrogens is 196 g/mol. The third kappa shape index (κ3) is 1.08. The minimum atomic E-state index is -1.28. The van der Waals surface area contributed by atoms with Gasteiger partial charge in [-0.2, -0.15) is 0 Å². The van der Waals surface area contributed by atoms with Crippen molar-refractivity contribution in [2.75, 3.05) is 0 Å². The largest absolute Gasteiger partial charge is 0.546 e. The molecule has 3 atom stereocenters. The van der Waals surface area contributed by atoms with Crippen LogP contribution >= 0.6 is 0 Å². The van der Waals surface area contributed by atoms with E-state index >= 15 is 0 Å². The summed E-state index contributed by atoms with van der Waals surface area (Å²) in [5.41, 5.74) is -0.822. The van der Waals surface area contributed by atoms with Gasteiger partial charge in [-0.15, -0.1) is 0 Å². The average Bonchev–Trinajstić information content (AvgIpc) is 2.28. The zero-order valence-electron chi connectivity index (χ0n) is 9.20. The summed E-state index contributed by atoms with van der Waals surface area (Å²) in [5.74, 6) is -1.83. The highest BCUT2D eigenvalue weighted by molar-refractivity contribution is 5.82. The van der Waals surface area contributed by atoms with Gasteiger partial charge in [0.15, 0.2) is 0 Å². The van der Waals surface area contributed by atoms with E-state index in [4.69, 9.17) is 4.74 Å². The maximum absolute atomic E-state index is 11.6. The monoisotopic (exact) mass is 211 g/mol. The zero-order chi connectivity index (χ0) is 11.4. The van der Waals surface area contributed by atoms with E-state index in [2.05, 4.69) is 0 Å². The van der Waals surface area contributed by atoms with Crippen LogP contribution in [0.3, 0.4) is 0 Å². The Bertz CT molecular complexity index is 333. The topological polar surface area (TPSA) is 66.4 Å². The molecule has 1 aliphatic heterocycles. The molecule has 0 aromatic carbocycles. The predicted molar refractivity (Wildman–Crippen MR) is 49.5 cm³/mol. The molecular formula is C11H15O4-. The lowest BCUT2D eigenvalue weighted by molar-refractivity contribution is -0.325. The summed E-state index contributed by atoms with van der Waals surface area (Å²) < 4.78 is 4.97. The number of carboxylic acid groups (broad SMARTS) is 1. The van der Waals surface area contributed by atoms with Crippen LogP contribution in [0.5, 0.6) is 0 Å². The van der Waals surface area contributed by atoms with E-state index in [1.165, 1.54) is 0 Å². The van der Waals surface area contributed by atoms with Crippen LogP contribution in [0.25, 0.3) is 0 Å². The van der Waals surface area contributed by atoms with Crippen LogP contribution in [0.15, 0.2) is 0 Å². The molecule has 4 nitrogen and oxygen atoms in total. The molecule has 1 aliphatic carbocycles. The van der Waals surface area contributed by atoms with Gasteiger partial charge < -0.3 is 14.6 Å². The van der Waals surface area contributed by atoms with Crippen molar-refractivity contribution in [3.8, 4) is 0 Å². The fraction of sp³-hybridized carbons (Fsp3) is 0.818. The molecule has 84 valence electrons. The third-order valence-electron chi connectivity index (χ3n) is 4.61. The first kappa shape index (κ1) is 10.5. The minimum absolute atomic E-state index is 0.168. The summed E-state index contributed by atoms with van der Waals surface area (Å²) in [6.45, 7) is 5.77. The average molecular weight is 211 g/mol. The summed E-state index contributed by atoms with van der Waals surface area (Å²) in [6.07, 6.45) is 0.319. The van der Waals surface area contributed by atoms with E-state index in [1.807, 2.05) is 20.8 Å². The summed E-state index contributed by atoms with van der Waals surface area (Å²) in [4.78, 5) is 22.6. The molecule has 2 fully saturated rings. The van der Waals surface area contributed by atoms with E-state index < -0.39 is 17.5 Å². The lowest BCUT2D eigenvalue weighted by Gasteiger charge is -2.49. The molecule has 0 amide bonds. The van der Waals surface area contributed by atoms with Crippen molar-refractivity contribution in [3.63, 3.8) is 0 Å². The van der Waals surface area contributed by atoms with E-state index in [0.717, 1.165) is 0 Å².